The summed E-state index contributed by atoms with van der Waals surface area (Å²) in [6.07, 6.45) is 0. The molecule has 0 atom stereocenters. The normalized spacial score (nSPS) is 10.9. The van der Waals surface area contributed by atoms with Crippen LogP contribution in [0, 0.1) is 5.53 Å². The van der Waals surface area contributed by atoms with E-state index in [4.69, 9.17) is 5.53 Å². The third kappa shape index (κ3) is 2.72. The fraction of sp³-hybridized carbons (Fsp3) is 0. The molecule has 0 heterocycles. The summed E-state index contributed by atoms with van der Waals surface area (Å²) in [6.45, 7) is 0. The summed E-state index contributed by atoms with van der Waals surface area (Å²) >= 11 is 0. The number of nitrogens with zero attached hydrogens (tertiary/aromatic N) is 1. The average molecular weight is 261 g/mol. The van der Waals surface area contributed by atoms with E-state index in [9.17, 15) is 8.42 Å². The molecule has 0 bridgehead atoms. The van der Waals surface area contributed by atoms with Crippen molar-refractivity contribution in [3.63, 3.8) is 0 Å². The number of hydrogen-bond donors (Lipinski definition) is 2. The van der Waals surface area contributed by atoms with Crippen LogP contribution in [-0.2, 0) is 10.0 Å². The maximum absolute atomic E-state index is 12.0. The van der Waals surface area contributed by atoms with Crippen LogP contribution >= 0.6 is 0 Å². The fourth-order valence-corrected chi connectivity index (χ4v) is 2.50. The molecular formula is C12H11N3O2S. The zero-order chi connectivity index (χ0) is 13.0. The lowest BCUT2D eigenvalue weighted by Crippen LogP contribution is -2.12. The number of benzene rings is 2. The average Bonchev–Trinajstić information content (AvgIpc) is 2.40. The van der Waals surface area contributed by atoms with Crippen LogP contribution in [0.4, 0.5) is 11.4 Å². The first-order chi connectivity index (χ1) is 8.62. The van der Waals surface area contributed by atoms with Crippen LogP contribution in [0.1, 0.15) is 0 Å². The summed E-state index contributed by atoms with van der Waals surface area (Å²) in [7, 11) is -3.56. The second kappa shape index (κ2) is 4.97. The molecule has 0 aliphatic rings. The largest absolute Gasteiger partial charge is 0.280 e. The molecule has 2 rings (SSSR count). The molecule has 0 aliphatic heterocycles. The lowest BCUT2D eigenvalue weighted by molar-refractivity contribution is 0.601. The van der Waals surface area contributed by atoms with Crippen molar-refractivity contribution in [1.29, 1.82) is 5.53 Å². The van der Waals surface area contributed by atoms with Gasteiger partial charge in [0, 0.05) is 5.69 Å². The van der Waals surface area contributed by atoms with Crippen LogP contribution in [0.5, 0.6) is 0 Å². The van der Waals surface area contributed by atoms with Crippen molar-refractivity contribution in [2.45, 2.75) is 4.90 Å². The SMILES string of the molecule is N=Nc1ccc(NS(=O)(=O)c2ccccc2)cc1. The Balaban J connectivity index is 2.25. The summed E-state index contributed by atoms with van der Waals surface area (Å²) in [5.74, 6) is 0. The highest BCUT2D eigenvalue weighted by Crippen LogP contribution is 2.19. The third-order valence-electron chi connectivity index (χ3n) is 2.30. The van der Waals surface area contributed by atoms with Crippen molar-refractivity contribution in [3.05, 3.63) is 54.6 Å². The monoisotopic (exact) mass is 261 g/mol. The molecule has 0 unspecified atom stereocenters. The minimum atomic E-state index is -3.56. The summed E-state index contributed by atoms with van der Waals surface area (Å²) in [5, 5.41) is 3.24. The minimum Gasteiger partial charge on any atom is -0.280 e. The molecule has 5 nitrogen and oxygen atoms in total. The van der Waals surface area contributed by atoms with Gasteiger partial charge in [0.25, 0.3) is 10.0 Å². The molecule has 2 aromatic carbocycles. The number of anilines is 1. The number of rotatable bonds is 4. The van der Waals surface area contributed by atoms with E-state index >= 15 is 0 Å². The lowest BCUT2D eigenvalue weighted by atomic mass is 10.3. The highest BCUT2D eigenvalue weighted by molar-refractivity contribution is 7.92. The highest BCUT2D eigenvalue weighted by Gasteiger charge is 2.12. The molecule has 6 heteroatoms. The van der Waals surface area contributed by atoms with Crippen molar-refractivity contribution < 1.29 is 8.42 Å². The summed E-state index contributed by atoms with van der Waals surface area (Å²) in [5.41, 5.74) is 7.72. The Morgan fingerprint density at radius 2 is 1.56 bits per heavy atom. The van der Waals surface area contributed by atoms with E-state index in [1.165, 1.54) is 12.1 Å². The van der Waals surface area contributed by atoms with E-state index in [-0.39, 0.29) is 4.90 Å². The molecule has 0 amide bonds. The Labute approximate surface area is 105 Å². The van der Waals surface area contributed by atoms with Crippen LogP contribution in [0.2, 0.25) is 0 Å². The molecule has 0 saturated heterocycles. The Bertz CT molecular complexity index is 637. The molecule has 0 radical (unpaired) electrons. The topological polar surface area (TPSA) is 82.4 Å². The first kappa shape index (κ1) is 12.3. The molecule has 0 saturated carbocycles. The summed E-state index contributed by atoms with van der Waals surface area (Å²) in [6, 6.07) is 14.4. The molecule has 0 aromatic heterocycles. The van der Waals surface area contributed by atoms with Gasteiger partial charge in [-0.15, -0.1) is 0 Å². The molecule has 0 fully saturated rings. The molecule has 2 N–H and O–H groups in total. The zero-order valence-corrected chi connectivity index (χ0v) is 10.2. The van der Waals surface area contributed by atoms with Gasteiger partial charge in [0.1, 0.15) is 0 Å². The van der Waals surface area contributed by atoms with E-state index in [2.05, 4.69) is 9.84 Å². The zero-order valence-electron chi connectivity index (χ0n) is 9.37. The van der Waals surface area contributed by atoms with Crippen LogP contribution < -0.4 is 4.72 Å². The van der Waals surface area contributed by atoms with Gasteiger partial charge < -0.3 is 0 Å². The van der Waals surface area contributed by atoms with Gasteiger partial charge in [0.05, 0.1) is 10.6 Å². The quantitative estimate of drug-likeness (QED) is 0.829. The smallest absolute Gasteiger partial charge is 0.261 e. The standard InChI is InChI=1S/C12H11N3O2S/c13-14-10-6-8-11(9-7-10)15-18(16,17)12-4-2-1-3-5-12/h1-9,13,15H. The van der Waals surface area contributed by atoms with E-state index in [1.54, 1.807) is 42.5 Å². The lowest BCUT2D eigenvalue weighted by Gasteiger charge is -2.07. The molecule has 0 spiro atoms. The van der Waals surface area contributed by atoms with Gasteiger partial charge in [-0.1, -0.05) is 18.2 Å². The first-order valence-corrected chi connectivity index (χ1v) is 6.65. The van der Waals surface area contributed by atoms with Gasteiger partial charge in [-0.05, 0) is 36.4 Å². The van der Waals surface area contributed by atoms with E-state index < -0.39 is 10.0 Å². The van der Waals surface area contributed by atoms with Crippen molar-refractivity contribution >= 4 is 21.4 Å². The van der Waals surface area contributed by atoms with E-state index in [1.807, 2.05) is 0 Å². The van der Waals surface area contributed by atoms with Crippen LogP contribution in [0.3, 0.4) is 0 Å². The molecular weight excluding hydrogens is 250 g/mol. The van der Waals surface area contributed by atoms with E-state index in [0.717, 1.165) is 0 Å². The Hall–Kier alpha value is -2.21. The summed E-state index contributed by atoms with van der Waals surface area (Å²) in [4.78, 5) is 0.208. The van der Waals surface area contributed by atoms with E-state index in [0.29, 0.717) is 11.4 Å². The van der Waals surface area contributed by atoms with Crippen molar-refractivity contribution in [2.75, 3.05) is 4.72 Å². The maximum atomic E-state index is 12.0. The van der Waals surface area contributed by atoms with Crippen LogP contribution in [0.25, 0.3) is 0 Å². The number of sulfonamides is 1. The van der Waals surface area contributed by atoms with Crippen molar-refractivity contribution in [2.24, 2.45) is 5.11 Å². The second-order valence-electron chi connectivity index (χ2n) is 3.58. The molecule has 18 heavy (non-hydrogen) atoms. The molecule has 2 aromatic rings. The van der Waals surface area contributed by atoms with Gasteiger partial charge in [0.2, 0.25) is 0 Å². The van der Waals surface area contributed by atoms with Gasteiger partial charge in [-0.3, -0.25) is 4.72 Å². The van der Waals surface area contributed by atoms with Gasteiger partial charge in [-0.2, -0.15) is 5.11 Å². The second-order valence-corrected chi connectivity index (χ2v) is 5.26. The third-order valence-corrected chi connectivity index (χ3v) is 3.70. The Morgan fingerprint density at radius 3 is 2.11 bits per heavy atom. The molecule has 0 aliphatic carbocycles. The maximum Gasteiger partial charge on any atom is 0.261 e. The van der Waals surface area contributed by atoms with Crippen LogP contribution in [0.15, 0.2) is 64.6 Å². The molecule has 92 valence electrons. The van der Waals surface area contributed by atoms with Gasteiger partial charge in [0.15, 0.2) is 0 Å². The Morgan fingerprint density at radius 1 is 0.944 bits per heavy atom. The van der Waals surface area contributed by atoms with Crippen molar-refractivity contribution in [3.8, 4) is 0 Å². The highest BCUT2D eigenvalue weighted by atomic mass is 32.2. The number of hydrogen-bond acceptors (Lipinski definition) is 4. The minimum absolute atomic E-state index is 0.208. The fourth-order valence-electron chi connectivity index (χ4n) is 1.42. The predicted molar refractivity (Wildman–Crippen MR) is 68.5 cm³/mol. The van der Waals surface area contributed by atoms with Gasteiger partial charge in [-0.25, -0.2) is 13.9 Å². The predicted octanol–water partition coefficient (Wildman–Crippen LogP) is 3.15. The van der Waals surface area contributed by atoms with Crippen LogP contribution in [-0.4, -0.2) is 8.42 Å². The van der Waals surface area contributed by atoms with Gasteiger partial charge >= 0.3 is 0 Å². The van der Waals surface area contributed by atoms with Crippen molar-refractivity contribution in [1.82, 2.24) is 0 Å². The summed E-state index contributed by atoms with van der Waals surface area (Å²) < 4.78 is 26.4. The Kier molecular flexibility index (Phi) is 3.38. The number of nitrogens with one attached hydrogen (secondary N) is 2. The first-order valence-electron chi connectivity index (χ1n) is 5.17.